The molecule has 1 aromatic heterocycles. The first-order valence-electron chi connectivity index (χ1n) is 6.25. The number of nitrogens with one attached hydrogen (secondary N) is 1. The second kappa shape index (κ2) is 6.23. The van der Waals surface area contributed by atoms with E-state index >= 15 is 0 Å². The molecule has 1 aliphatic heterocycles. The lowest BCUT2D eigenvalue weighted by atomic mass is 10.1. The zero-order valence-corrected chi connectivity index (χ0v) is 11.1. The SMILES string of the molecule is COC(=O)CNC(=O)[C@H]1CC(=O)N(Cc2ccco2)C1. The first-order chi connectivity index (χ1) is 9.60. The fraction of sp³-hybridized carbons (Fsp3) is 0.462. The third kappa shape index (κ3) is 3.37. The molecule has 0 aromatic carbocycles. The van der Waals surface area contributed by atoms with Crippen LogP contribution in [0.15, 0.2) is 22.8 Å². The lowest BCUT2D eigenvalue weighted by Crippen LogP contribution is -2.36. The van der Waals surface area contributed by atoms with Gasteiger partial charge in [0.25, 0.3) is 0 Å². The summed E-state index contributed by atoms with van der Waals surface area (Å²) in [6.45, 7) is 0.497. The topological polar surface area (TPSA) is 88.8 Å². The van der Waals surface area contributed by atoms with E-state index in [-0.39, 0.29) is 24.8 Å². The highest BCUT2D eigenvalue weighted by Crippen LogP contribution is 2.20. The summed E-state index contributed by atoms with van der Waals surface area (Å²) in [6.07, 6.45) is 1.68. The highest BCUT2D eigenvalue weighted by Gasteiger charge is 2.34. The molecule has 2 amide bonds. The van der Waals surface area contributed by atoms with Gasteiger partial charge in [0.2, 0.25) is 11.8 Å². The normalized spacial score (nSPS) is 18.1. The molecule has 1 saturated heterocycles. The number of esters is 1. The van der Waals surface area contributed by atoms with Gasteiger partial charge >= 0.3 is 5.97 Å². The summed E-state index contributed by atoms with van der Waals surface area (Å²) in [6, 6.07) is 3.52. The Bertz CT molecular complexity index is 497. The summed E-state index contributed by atoms with van der Waals surface area (Å²) in [4.78, 5) is 36.2. The fourth-order valence-electron chi connectivity index (χ4n) is 2.07. The second-order valence-corrected chi connectivity index (χ2v) is 4.55. The molecule has 2 heterocycles. The second-order valence-electron chi connectivity index (χ2n) is 4.55. The molecule has 1 aliphatic rings. The molecule has 0 radical (unpaired) electrons. The number of likely N-dealkylation sites (tertiary alicyclic amines) is 1. The molecule has 0 unspecified atom stereocenters. The molecular weight excluding hydrogens is 264 g/mol. The van der Waals surface area contributed by atoms with Crippen molar-refractivity contribution in [2.24, 2.45) is 5.92 Å². The van der Waals surface area contributed by atoms with Crippen LogP contribution in [0.3, 0.4) is 0 Å². The minimum atomic E-state index is -0.518. The number of hydrogen-bond donors (Lipinski definition) is 1. The number of rotatable bonds is 5. The molecule has 1 atom stereocenters. The van der Waals surface area contributed by atoms with E-state index in [1.807, 2.05) is 0 Å². The van der Waals surface area contributed by atoms with Crippen LogP contribution in [0.5, 0.6) is 0 Å². The maximum absolute atomic E-state index is 11.8. The van der Waals surface area contributed by atoms with Gasteiger partial charge in [-0.15, -0.1) is 0 Å². The first-order valence-corrected chi connectivity index (χ1v) is 6.25. The van der Waals surface area contributed by atoms with Crippen molar-refractivity contribution < 1.29 is 23.5 Å². The molecule has 20 heavy (non-hydrogen) atoms. The summed E-state index contributed by atoms with van der Waals surface area (Å²) >= 11 is 0. The average molecular weight is 280 g/mol. The van der Waals surface area contributed by atoms with Crippen LogP contribution in [-0.4, -0.2) is 42.9 Å². The van der Waals surface area contributed by atoms with Crippen molar-refractivity contribution >= 4 is 17.8 Å². The van der Waals surface area contributed by atoms with Crippen molar-refractivity contribution in [2.75, 3.05) is 20.2 Å². The zero-order valence-electron chi connectivity index (χ0n) is 11.1. The van der Waals surface area contributed by atoms with Crippen LogP contribution in [0.25, 0.3) is 0 Å². The van der Waals surface area contributed by atoms with Gasteiger partial charge in [-0.3, -0.25) is 14.4 Å². The Morgan fingerprint density at radius 3 is 3.00 bits per heavy atom. The van der Waals surface area contributed by atoms with E-state index in [1.54, 1.807) is 17.0 Å². The largest absolute Gasteiger partial charge is 0.468 e. The fourth-order valence-corrected chi connectivity index (χ4v) is 2.07. The van der Waals surface area contributed by atoms with E-state index in [9.17, 15) is 14.4 Å². The molecule has 1 aromatic rings. The van der Waals surface area contributed by atoms with E-state index in [2.05, 4.69) is 10.1 Å². The number of methoxy groups -OCH3 is 1. The van der Waals surface area contributed by atoms with Crippen molar-refractivity contribution in [3.63, 3.8) is 0 Å². The average Bonchev–Trinajstić information content (AvgIpc) is 3.07. The Hall–Kier alpha value is -2.31. The van der Waals surface area contributed by atoms with Gasteiger partial charge in [0.15, 0.2) is 0 Å². The van der Waals surface area contributed by atoms with Crippen molar-refractivity contribution in [2.45, 2.75) is 13.0 Å². The molecule has 0 saturated carbocycles. The molecule has 108 valence electrons. The summed E-state index contributed by atoms with van der Waals surface area (Å²) in [7, 11) is 1.25. The van der Waals surface area contributed by atoms with E-state index in [0.29, 0.717) is 18.8 Å². The van der Waals surface area contributed by atoms with E-state index in [1.165, 1.54) is 13.4 Å². The highest BCUT2D eigenvalue weighted by atomic mass is 16.5. The summed E-state index contributed by atoms with van der Waals surface area (Å²) in [5.74, 6) is -0.698. The van der Waals surface area contributed by atoms with Gasteiger partial charge in [0.1, 0.15) is 12.3 Å². The monoisotopic (exact) mass is 280 g/mol. The van der Waals surface area contributed by atoms with Crippen molar-refractivity contribution in [3.05, 3.63) is 24.2 Å². The molecule has 7 heteroatoms. The van der Waals surface area contributed by atoms with Gasteiger partial charge in [-0.05, 0) is 12.1 Å². The molecule has 0 bridgehead atoms. The number of nitrogens with zero attached hydrogens (tertiary/aromatic N) is 1. The van der Waals surface area contributed by atoms with E-state index in [0.717, 1.165) is 0 Å². The van der Waals surface area contributed by atoms with Gasteiger partial charge in [0.05, 0.1) is 25.8 Å². The zero-order chi connectivity index (χ0) is 14.5. The molecule has 1 N–H and O–H groups in total. The van der Waals surface area contributed by atoms with Crippen LogP contribution in [0, 0.1) is 5.92 Å². The Morgan fingerprint density at radius 2 is 2.35 bits per heavy atom. The molecule has 2 rings (SSSR count). The predicted molar refractivity (Wildman–Crippen MR) is 67.3 cm³/mol. The molecular formula is C13H16N2O5. The van der Waals surface area contributed by atoms with Crippen LogP contribution < -0.4 is 5.32 Å². The van der Waals surface area contributed by atoms with Gasteiger partial charge in [-0.1, -0.05) is 0 Å². The Morgan fingerprint density at radius 1 is 1.55 bits per heavy atom. The van der Waals surface area contributed by atoms with Crippen molar-refractivity contribution in [1.29, 1.82) is 0 Å². The van der Waals surface area contributed by atoms with E-state index < -0.39 is 11.9 Å². The lowest BCUT2D eigenvalue weighted by Gasteiger charge is -2.14. The van der Waals surface area contributed by atoms with Crippen LogP contribution in [-0.2, 0) is 25.7 Å². The molecule has 0 aliphatic carbocycles. The highest BCUT2D eigenvalue weighted by molar-refractivity contribution is 5.90. The maximum atomic E-state index is 11.8. The van der Waals surface area contributed by atoms with Gasteiger partial charge < -0.3 is 19.4 Å². The van der Waals surface area contributed by atoms with Gasteiger partial charge in [-0.2, -0.15) is 0 Å². The summed E-state index contributed by atoms with van der Waals surface area (Å²) in [5, 5.41) is 2.46. The predicted octanol–water partition coefficient (Wildman–Crippen LogP) is -0.0827. The van der Waals surface area contributed by atoms with Crippen LogP contribution in [0.2, 0.25) is 0 Å². The summed E-state index contributed by atoms with van der Waals surface area (Å²) < 4.78 is 9.61. The Kier molecular flexibility index (Phi) is 4.39. The molecule has 0 spiro atoms. The third-order valence-electron chi connectivity index (χ3n) is 3.15. The standard InChI is InChI=1S/C13H16N2O5/c1-19-12(17)6-14-13(18)9-5-11(16)15(7-9)8-10-3-2-4-20-10/h2-4,9H,5-8H2,1H3,(H,14,18)/t9-/m0/s1. The first kappa shape index (κ1) is 14.1. The number of hydrogen-bond acceptors (Lipinski definition) is 5. The summed E-state index contributed by atoms with van der Waals surface area (Å²) in [5.41, 5.74) is 0. The van der Waals surface area contributed by atoms with Crippen LogP contribution in [0.4, 0.5) is 0 Å². The Balaban J connectivity index is 1.85. The quantitative estimate of drug-likeness (QED) is 0.762. The smallest absolute Gasteiger partial charge is 0.325 e. The minimum absolute atomic E-state index is 0.0976. The maximum Gasteiger partial charge on any atom is 0.325 e. The lowest BCUT2D eigenvalue weighted by molar-refractivity contribution is -0.141. The van der Waals surface area contributed by atoms with Crippen LogP contribution in [0.1, 0.15) is 12.2 Å². The number of amides is 2. The van der Waals surface area contributed by atoms with Gasteiger partial charge in [-0.25, -0.2) is 0 Å². The number of carbonyl (C=O) groups is 3. The number of ether oxygens (including phenoxy) is 1. The minimum Gasteiger partial charge on any atom is -0.468 e. The molecule has 7 nitrogen and oxygen atoms in total. The Labute approximate surface area is 115 Å². The van der Waals surface area contributed by atoms with Crippen LogP contribution >= 0.6 is 0 Å². The van der Waals surface area contributed by atoms with Gasteiger partial charge in [0, 0.05) is 13.0 Å². The van der Waals surface area contributed by atoms with E-state index in [4.69, 9.17) is 4.42 Å². The molecule has 1 fully saturated rings. The number of carbonyl (C=O) groups excluding carboxylic acids is 3. The van der Waals surface area contributed by atoms with Crippen molar-refractivity contribution in [1.82, 2.24) is 10.2 Å². The van der Waals surface area contributed by atoms with Crippen molar-refractivity contribution in [3.8, 4) is 0 Å². The number of furan rings is 1. The third-order valence-corrected chi connectivity index (χ3v) is 3.15.